The van der Waals surface area contributed by atoms with E-state index >= 15 is 0 Å². The topological polar surface area (TPSA) is 45.1 Å². The van der Waals surface area contributed by atoms with Crippen LogP contribution in [0.4, 0.5) is 5.69 Å². The van der Waals surface area contributed by atoms with Crippen LogP contribution in [0.1, 0.15) is 13.3 Å². The van der Waals surface area contributed by atoms with E-state index in [1.165, 1.54) is 0 Å². The number of aromatic nitrogens is 1. The molecule has 0 saturated carbocycles. The molecule has 0 aliphatic rings. The average molecular weight is 166 g/mol. The molecule has 1 unspecified atom stereocenters. The molecule has 2 N–H and O–H groups in total. The second kappa shape index (κ2) is 4.72. The molecule has 0 spiro atoms. The highest BCUT2D eigenvalue weighted by molar-refractivity contribution is 5.41. The number of nitrogens with zero attached hydrogens (tertiary/aromatic N) is 1. The Balaban J connectivity index is 2.41. The number of anilines is 1. The van der Waals surface area contributed by atoms with E-state index in [1.807, 2.05) is 19.1 Å². The van der Waals surface area contributed by atoms with E-state index < -0.39 is 0 Å². The fourth-order valence-electron chi connectivity index (χ4n) is 0.998. The first kappa shape index (κ1) is 9.00. The largest absolute Gasteiger partial charge is 0.396 e. The maximum absolute atomic E-state index is 8.66. The van der Waals surface area contributed by atoms with Gasteiger partial charge >= 0.3 is 0 Å². The number of nitrogens with one attached hydrogen (secondary N) is 1. The van der Waals surface area contributed by atoms with Crippen LogP contribution in [0.2, 0.25) is 0 Å². The van der Waals surface area contributed by atoms with Crippen molar-refractivity contribution in [1.29, 1.82) is 0 Å². The standard InChI is InChI=1S/C9H14N2O/c1-8(4-7-12)11-9-2-5-10-6-3-9/h2-3,5-6,8,12H,4,7H2,1H3,(H,10,11). The number of rotatable bonds is 4. The zero-order valence-corrected chi connectivity index (χ0v) is 7.20. The van der Waals surface area contributed by atoms with Gasteiger partial charge in [0.25, 0.3) is 0 Å². The van der Waals surface area contributed by atoms with Gasteiger partial charge in [-0.15, -0.1) is 0 Å². The van der Waals surface area contributed by atoms with Crippen molar-refractivity contribution in [3.8, 4) is 0 Å². The van der Waals surface area contributed by atoms with E-state index in [9.17, 15) is 0 Å². The van der Waals surface area contributed by atoms with E-state index in [1.54, 1.807) is 12.4 Å². The fraction of sp³-hybridized carbons (Fsp3) is 0.444. The molecule has 0 fully saturated rings. The highest BCUT2D eigenvalue weighted by atomic mass is 16.3. The van der Waals surface area contributed by atoms with Gasteiger partial charge in [-0.1, -0.05) is 0 Å². The Morgan fingerprint density at radius 1 is 1.50 bits per heavy atom. The first-order valence-corrected chi connectivity index (χ1v) is 4.10. The van der Waals surface area contributed by atoms with E-state index in [0.717, 1.165) is 12.1 Å². The van der Waals surface area contributed by atoms with Crippen molar-refractivity contribution in [1.82, 2.24) is 4.98 Å². The second-order valence-electron chi connectivity index (χ2n) is 2.79. The Morgan fingerprint density at radius 3 is 2.75 bits per heavy atom. The SMILES string of the molecule is CC(CCO)Nc1ccncc1. The lowest BCUT2D eigenvalue weighted by Crippen LogP contribution is -2.16. The van der Waals surface area contributed by atoms with Gasteiger partial charge in [0.1, 0.15) is 0 Å². The molecule has 0 aliphatic carbocycles. The van der Waals surface area contributed by atoms with Crippen LogP contribution in [-0.2, 0) is 0 Å². The fourth-order valence-corrected chi connectivity index (χ4v) is 0.998. The number of pyridine rings is 1. The van der Waals surface area contributed by atoms with Gasteiger partial charge in [0.2, 0.25) is 0 Å². The summed E-state index contributed by atoms with van der Waals surface area (Å²) >= 11 is 0. The zero-order valence-electron chi connectivity index (χ0n) is 7.20. The molecule has 0 aromatic carbocycles. The van der Waals surface area contributed by atoms with Crippen LogP contribution in [0.3, 0.4) is 0 Å². The highest BCUT2D eigenvalue weighted by Gasteiger charge is 1.99. The zero-order chi connectivity index (χ0) is 8.81. The molecule has 1 aromatic heterocycles. The molecule has 1 rings (SSSR count). The lowest BCUT2D eigenvalue weighted by atomic mass is 10.2. The van der Waals surface area contributed by atoms with Gasteiger partial charge in [-0.25, -0.2) is 0 Å². The lowest BCUT2D eigenvalue weighted by molar-refractivity contribution is 0.282. The predicted molar refractivity (Wildman–Crippen MR) is 49.0 cm³/mol. The second-order valence-corrected chi connectivity index (χ2v) is 2.79. The number of aliphatic hydroxyl groups is 1. The Labute approximate surface area is 72.5 Å². The quantitative estimate of drug-likeness (QED) is 0.708. The third-order valence-electron chi connectivity index (χ3n) is 1.66. The molecular formula is C9H14N2O. The molecule has 3 nitrogen and oxygen atoms in total. The van der Waals surface area contributed by atoms with Crippen molar-refractivity contribution in [2.75, 3.05) is 11.9 Å². The minimum Gasteiger partial charge on any atom is -0.396 e. The Hall–Kier alpha value is -1.09. The van der Waals surface area contributed by atoms with Gasteiger partial charge in [-0.05, 0) is 25.5 Å². The van der Waals surface area contributed by atoms with Crippen molar-refractivity contribution < 1.29 is 5.11 Å². The monoisotopic (exact) mass is 166 g/mol. The van der Waals surface area contributed by atoms with Crippen molar-refractivity contribution in [3.05, 3.63) is 24.5 Å². The molecule has 0 amide bonds. The van der Waals surface area contributed by atoms with Crippen LogP contribution in [0.5, 0.6) is 0 Å². The highest BCUT2D eigenvalue weighted by Crippen LogP contribution is 2.06. The smallest absolute Gasteiger partial charge is 0.0450 e. The maximum Gasteiger partial charge on any atom is 0.0450 e. The summed E-state index contributed by atoms with van der Waals surface area (Å²) in [6.07, 6.45) is 4.25. The van der Waals surface area contributed by atoms with Gasteiger partial charge in [0.05, 0.1) is 0 Å². The third kappa shape index (κ3) is 2.88. The summed E-state index contributed by atoms with van der Waals surface area (Å²) < 4.78 is 0. The van der Waals surface area contributed by atoms with Crippen LogP contribution in [0.15, 0.2) is 24.5 Å². The van der Waals surface area contributed by atoms with Crippen LogP contribution < -0.4 is 5.32 Å². The van der Waals surface area contributed by atoms with Crippen molar-refractivity contribution in [2.24, 2.45) is 0 Å². The Morgan fingerprint density at radius 2 is 2.17 bits per heavy atom. The molecule has 0 radical (unpaired) electrons. The molecule has 0 bridgehead atoms. The Bertz CT molecular complexity index is 213. The molecule has 1 atom stereocenters. The van der Waals surface area contributed by atoms with E-state index in [4.69, 9.17) is 5.11 Å². The summed E-state index contributed by atoms with van der Waals surface area (Å²) in [5.74, 6) is 0. The summed E-state index contributed by atoms with van der Waals surface area (Å²) in [5, 5.41) is 11.9. The minimum atomic E-state index is 0.221. The molecule has 1 heterocycles. The molecule has 3 heteroatoms. The van der Waals surface area contributed by atoms with Gasteiger partial charge in [-0.3, -0.25) is 4.98 Å². The first-order chi connectivity index (χ1) is 5.83. The lowest BCUT2D eigenvalue weighted by Gasteiger charge is -2.12. The van der Waals surface area contributed by atoms with Crippen molar-refractivity contribution >= 4 is 5.69 Å². The van der Waals surface area contributed by atoms with Gasteiger partial charge in [0, 0.05) is 30.7 Å². The molecule has 0 aliphatic heterocycles. The first-order valence-electron chi connectivity index (χ1n) is 4.10. The van der Waals surface area contributed by atoms with Crippen LogP contribution >= 0.6 is 0 Å². The van der Waals surface area contributed by atoms with E-state index in [-0.39, 0.29) is 6.61 Å². The van der Waals surface area contributed by atoms with Crippen molar-refractivity contribution in [3.63, 3.8) is 0 Å². The third-order valence-corrected chi connectivity index (χ3v) is 1.66. The van der Waals surface area contributed by atoms with Gasteiger partial charge < -0.3 is 10.4 Å². The number of hydrogen-bond acceptors (Lipinski definition) is 3. The molecule has 66 valence electrons. The summed E-state index contributed by atoms with van der Waals surface area (Å²) in [7, 11) is 0. The predicted octanol–water partition coefficient (Wildman–Crippen LogP) is 1.26. The minimum absolute atomic E-state index is 0.221. The average Bonchev–Trinajstić information content (AvgIpc) is 2.06. The summed E-state index contributed by atoms with van der Waals surface area (Å²) in [5.41, 5.74) is 1.05. The van der Waals surface area contributed by atoms with Crippen LogP contribution in [-0.4, -0.2) is 22.7 Å². The number of aliphatic hydroxyl groups excluding tert-OH is 1. The van der Waals surface area contributed by atoms with Crippen molar-refractivity contribution in [2.45, 2.75) is 19.4 Å². The normalized spacial score (nSPS) is 12.5. The Kier molecular flexibility index (Phi) is 3.54. The molecule has 0 saturated heterocycles. The molecule has 12 heavy (non-hydrogen) atoms. The van der Waals surface area contributed by atoms with Gasteiger partial charge in [-0.2, -0.15) is 0 Å². The van der Waals surface area contributed by atoms with Crippen LogP contribution in [0.25, 0.3) is 0 Å². The summed E-state index contributed by atoms with van der Waals surface area (Å²) in [6.45, 7) is 2.26. The molecular weight excluding hydrogens is 152 g/mol. The summed E-state index contributed by atoms with van der Waals surface area (Å²) in [4.78, 5) is 3.91. The maximum atomic E-state index is 8.66. The van der Waals surface area contributed by atoms with Crippen LogP contribution in [0, 0.1) is 0 Å². The number of hydrogen-bond donors (Lipinski definition) is 2. The molecule has 1 aromatic rings. The summed E-state index contributed by atoms with van der Waals surface area (Å²) in [6, 6.07) is 4.12. The van der Waals surface area contributed by atoms with Gasteiger partial charge in [0.15, 0.2) is 0 Å². The van der Waals surface area contributed by atoms with E-state index in [2.05, 4.69) is 10.3 Å². The van der Waals surface area contributed by atoms with E-state index in [0.29, 0.717) is 6.04 Å².